The van der Waals surface area contributed by atoms with Crippen LogP contribution in [0.2, 0.25) is 0 Å². The summed E-state index contributed by atoms with van der Waals surface area (Å²) in [6, 6.07) is 16.4. The average molecular weight is 444 g/mol. The molecular weight excluding hydrogens is 422 g/mol. The van der Waals surface area contributed by atoms with Crippen LogP contribution in [0.25, 0.3) is 10.8 Å². The van der Waals surface area contributed by atoms with Crippen LogP contribution in [0.1, 0.15) is 36.7 Å². The number of thiophene rings is 1. The molecule has 1 amide bonds. The second kappa shape index (κ2) is 8.72. The van der Waals surface area contributed by atoms with Gasteiger partial charge in [-0.15, -0.1) is 21.6 Å². The topological polar surface area (TPSA) is 91.1 Å². The quantitative estimate of drug-likeness (QED) is 0.257. The van der Waals surface area contributed by atoms with Crippen LogP contribution in [0.5, 0.6) is 5.75 Å². The number of hydrogen-bond acceptors (Lipinski definition) is 6. The summed E-state index contributed by atoms with van der Waals surface area (Å²) in [6.07, 6.45) is 0.761. The Bertz CT molecular complexity index is 1390. The molecule has 0 aliphatic carbocycles. The molecule has 6 nitrogen and oxygen atoms in total. The Morgan fingerprint density at radius 1 is 1.03 bits per heavy atom. The van der Waals surface area contributed by atoms with Crippen LogP contribution in [0.3, 0.4) is 0 Å². The van der Waals surface area contributed by atoms with Gasteiger partial charge in [-0.3, -0.25) is 9.59 Å². The molecule has 0 spiro atoms. The van der Waals surface area contributed by atoms with E-state index in [9.17, 15) is 14.7 Å². The van der Waals surface area contributed by atoms with Gasteiger partial charge < -0.3 is 10.4 Å². The van der Waals surface area contributed by atoms with Crippen molar-refractivity contribution in [3.8, 4) is 5.75 Å². The molecule has 0 bridgehead atoms. The highest BCUT2D eigenvalue weighted by Crippen LogP contribution is 2.41. The lowest BCUT2D eigenvalue weighted by Gasteiger charge is -2.11. The molecule has 0 fully saturated rings. The lowest BCUT2D eigenvalue weighted by Crippen LogP contribution is -2.12. The minimum atomic E-state index is -0.452. The number of hydrogen-bond donors (Lipinski definition) is 2. The Hall–Kier alpha value is -3.84. The maximum absolute atomic E-state index is 13.0. The molecule has 0 atom stereocenters. The van der Waals surface area contributed by atoms with Crippen molar-refractivity contribution < 1.29 is 14.7 Å². The molecule has 4 rings (SSSR count). The number of nitrogens with zero attached hydrogens (tertiary/aromatic N) is 2. The molecule has 1 aromatic heterocycles. The van der Waals surface area contributed by atoms with Gasteiger partial charge in [-0.25, -0.2) is 0 Å². The van der Waals surface area contributed by atoms with E-state index in [2.05, 4.69) is 15.5 Å². The molecule has 0 aliphatic heterocycles. The first-order valence-corrected chi connectivity index (χ1v) is 10.8. The van der Waals surface area contributed by atoms with Crippen molar-refractivity contribution in [2.75, 3.05) is 5.32 Å². The fourth-order valence-electron chi connectivity index (χ4n) is 3.45. The highest BCUT2D eigenvalue weighted by Gasteiger charge is 2.19. The Kier molecular flexibility index (Phi) is 5.83. The summed E-state index contributed by atoms with van der Waals surface area (Å²) in [6.45, 7) is 5.70. The van der Waals surface area contributed by atoms with Crippen LogP contribution in [0.15, 0.2) is 64.8 Å². The molecule has 0 radical (unpaired) electrons. The summed E-state index contributed by atoms with van der Waals surface area (Å²) >= 11 is 1.36. The van der Waals surface area contributed by atoms with Crippen LogP contribution >= 0.6 is 11.3 Å². The van der Waals surface area contributed by atoms with Gasteiger partial charge in [0.25, 0.3) is 5.91 Å². The van der Waals surface area contributed by atoms with Crippen LogP contribution in [-0.2, 0) is 0 Å². The van der Waals surface area contributed by atoms with Gasteiger partial charge in [0.2, 0.25) is 0 Å². The number of carbonyl (C=O) groups excluding carboxylic acids is 2. The van der Waals surface area contributed by atoms with Crippen molar-refractivity contribution in [1.82, 2.24) is 0 Å². The van der Waals surface area contributed by atoms with Crippen molar-refractivity contribution in [2.24, 2.45) is 10.2 Å². The number of fused-ring (bicyclic) bond motifs is 1. The average Bonchev–Trinajstić information content (AvgIpc) is 3.05. The number of aryl methyl sites for hydroxylation is 2. The van der Waals surface area contributed by atoms with E-state index in [4.69, 9.17) is 0 Å². The van der Waals surface area contributed by atoms with Crippen molar-refractivity contribution >= 4 is 50.7 Å². The molecule has 0 saturated heterocycles. The zero-order valence-electron chi connectivity index (χ0n) is 17.8. The molecule has 2 N–H and O–H groups in total. The number of anilines is 1. The lowest BCUT2D eigenvalue weighted by atomic mass is 10.0. The highest BCUT2D eigenvalue weighted by molar-refractivity contribution is 7.16. The minimum Gasteiger partial charge on any atom is -0.505 e. The standard InChI is InChI=1S/C25H21N3O3S/c1-14-7-6-9-18(11-14)26-24(31)20-12-17-8-4-5-10-19(17)22(23(20)30)27-28-25-21(13-29)15(2)16(3)32-25/h4-13,30H,1-3H3,(H,26,31). The predicted octanol–water partition coefficient (Wildman–Crippen LogP) is 7.01. The number of phenolic OH excluding ortho intramolecular Hbond substituents is 1. The van der Waals surface area contributed by atoms with Crippen LogP contribution in [-0.4, -0.2) is 17.3 Å². The first-order chi connectivity index (χ1) is 15.4. The van der Waals surface area contributed by atoms with Gasteiger partial charge in [0.05, 0.1) is 11.1 Å². The number of benzene rings is 3. The van der Waals surface area contributed by atoms with Crippen LogP contribution in [0.4, 0.5) is 16.4 Å². The van der Waals surface area contributed by atoms with Gasteiger partial charge >= 0.3 is 0 Å². The summed E-state index contributed by atoms with van der Waals surface area (Å²) < 4.78 is 0. The number of azo groups is 1. The monoisotopic (exact) mass is 443 g/mol. The highest BCUT2D eigenvalue weighted by atomic mass is 32.1. The van der Waals surface area contributed by atoms with Gasteiger partial charge in [-0.2, -0.15) is 0 Å². The number of rotatable bonds is 5. The largest absolute Gasteiger partial charge is 0.505 e. The number of nitrogens with one attached hydrogen (secondary N) is 1. The smallest absolute Gasteiger partial charge is 0.259 e. The number of carbonyl (C=O) groups is 2. The summed E-state index contributed by atoms with van der Waals surface area (Å²) in [5.41, 5.74) is 3.25. The number of aromatic hydroxyl groups is 1. The number of phenols is 1. The lowest BCUT2D eigenvalue weighted by molar-refractivity contribution is 0.102. The summed E-state index contributed by atoms with van der Waals surface area (Å²) in [5.74, 6) is -0.720. The van der Waals surface area contributed by atoms with E-state index in [1.54, 1.807) is 18.2 Å². The molecule has 7 heteroatoms. The molecule has 0 saturated carbocycles. The third-order valence-electron chi connectivity index (χ3n) is 5.29. The van der Waals surface area contributed by atoms with Crippen molar-refractivity contribution in [3.05, 3.63) is 81.7 Å². The molecule has 3 aromatic carbocycles. The second-order valence-electron chi connectivity index (χ2n) is 7.49. The number of aldehydes is 1. The van der Waals surface area contributed by atoms with Crippen LogP contribution in [0, 0.1) is 20.8 Å². The van der Waals surface area contributed by atoms with E-state index in [0.717, 1.165) is 27.7 Å². The van der Waals surface area contributed by atoms with Gasteiger partial charge in [-0.05, 0) is 55.5 Å². The van der Waals surface area contributed by atoms with E-state index >= 15 is 0 Å². The fourth-order valence-corrected chi connectivity index (χ4v) is 4.39. The van der Waals surface area contributed by atoms with Crippen molar-refractivity contribution in [1.29, 1.82) is 0 Å². The van der Waals surface area contributed by atoms with E-state index < -0.39 is 5.91 Å². The second-order valence-corrected chi connectivity index (χ2v) is 8.69. The van der Waals surface area contributed by atoms with Crippen molar-refractivity contribution in [2.45, 2.75) is 20.8 Å². The van der Waals surface area contributed by atoms with E-state index in [-0.39, 0.29) is 17.0 Å². The molecule has 160 valence electrons. The van der Waals surface area contributed by atoms with Crippen LogP contribution < -0.4 is 5.32 Å². The molecule has 4 aromatic rings. The van der Waals surface area contributed by atoms with E-state index in [0.29, 0.717) is 21.6 Å². The molecule has 32 heavy (non-hydrogen) atoms. The van der Waals surface area contributed by atoms with Gasteiger partial charge in [-0.1, -0.05) is 36.4 Å². The Labute approximate surface area is 189 Å². The Balaban J connectivity index is 1.80. The third-order valence-corrected chi connectivity index (χ3v) is 6.39. The first kappa shape index (κ1) is 21.4. The Morgan fingerprint density at radius 2 is 1.81 bits per heavy atom. The number of amides is 1. The SMILES string of the molecule is Cc1cccc(NC(=O)c2cc3ccccc3c(N=Nc3sc(C)c(C)c3C=O)c2O)c1. The van der Waals surface area contributed by atoms with Gasteiger partial charge in [0.15, 0.2) is 12.0 Å². The predicted molar refractivity (Wildman–Crippen MR) is 128 cm³/mol. The minimum absolute atomic E-state index is 0.0910. The first-order valence-electron chi connectivity index (χ1n) is 9.98. The molecule has 0 unspecified atom stereocenters. The van der Waals surface area contributed by atoms with E-state index in [1.807, 2.05) is 57.2 Å². The maximum Gasteiger partial charge on any atom is 0.259 e. The summed E-state index contributed by atoms with van der Waals surface area (Å²) in [5, 5.41) is 24.2. The third kappa shape index (κ3) is 4.02. The summed E-state index contributed by atoms with van der Waals surface area (Å²) in [4.78, 5) is 25.4. The van der Waals surface area contributed by atoms with E-state index in [1.165, 1.54) is 11.3 Å². The maximum atomic E-state index is 13.0. The normalized spacial score (nSPS) is 11.2. The van der Waals surface area contributed by atoms with Gasteiger partial charge in [0, 0.05) is 16.0 Å². The Morgan fingerprint density at radius 3 is 2.56 bits per heavy atom. The molecule has 0 aliphatic rings. The fraction of sp³-hybridized carbons (Fsp3) is 0.120. The zero-order valence-corrected chi connectivity index (χ0v) is 18.7. The molecule has 1 heterocycles. The zero-order chi connectivity index (χ0) is 22.8. The van der Waals surface area contributed by atoms with Gasteiger partial charge in [0.1, 0.15) is 10.7 Å². The summed E-state index contributed by atoms with van der Waals surface area (Å²) in [7, 11) is 0. The van der Waals surface area contributed by atoms with Crippen molar-refractivity contribution in [3.63, 3.8) is 0 Å². The molecular formula is C25H21N3O3S.